The first-order chi connectivity index (χ1) is 6.77. The van der Waals surface area contributed by atoms with E-state index in [1.807, 2.05) is 12.3 Å². The molecule has 1 aliphatic heterocycles. The Balaban J connectivity index is 2.26. The minimum Gasteiger partial charge on any atom is -0.398 e. The van der Waals surface area contributed by atoms with Gasteiger partial charge in [-0.15, -0.1) is 0 Å². The van der Waals surface area contributed by atoms with Gasteiger partial charge in [0.05, 0.1) is 6.04 Å². The Bertz CT molecular complexity index is 391. The average Bonchev–Trinajstić information content (AvgIpc) is 2.20. The van der Waals surface area contributed by atoms with E-state index in [4.69, 9.17) is 5.73 Å². The van der Waals surface area contributed by atoms with E-state index in [2.05, 4.69) is 42.6 Å². The lowest BCUT2D eigenvalue weighted by Crippen LogP contribution is -2.19. The molecule has 1 atom stereocenters. The van der Waals surface area contributed by atoms with Crippen LogP contribution in [0.5, 0.6) is 0 Å². The van der Waals surface area contributed by atoms with E-state index in [-0.39, 0.29) is 6.04 Å². The third kappa shape index (κ3) is 1.64. The van der Waals surface area contributed by atoms with Gasteiger partial charge in [-0.25, -0.2) is 0 Å². The smallest absolute Gasteiger partial charge is 0.0699 e. The molecule has 1 aliphatic rings. The second-order valence-corrected chi connectivity index (χ2v) is 3.50. The molecule has 14 heavy (non-hydrogen) atoms. The molecular formula is C12H14N2. The van der Waals surface area contributed by atoms with Crippen molar-refractivity contribution in [2.45, 2.75) is 13.0 Å². The zero-order valence-corrected chi connectivity index (χ0v) is 8.20. The lowest BCUT2D eigenvalue weighted by Gasteiger charge is -2.19. The third-order valence-electron chi connectivity index (χ3n) is 2.43. The second kappa shape index (κ2) is 3.58. The summed E-state index contributed by atoms with van der Waals surface area (Å²) in [6, 6.07) is 8.61. The van der Waals surface area contributed by atoms with E-state index < -0.39 is 0 Å². The summed E-state index contributed by atoms with van der Waals surface area (Å²) in [6.45, 7) is 2.12. The van der Waals surface area contributed by atoms with Gasteiger partial charge in [0.1, 0.15) is 0 Å². The predicted octanol–water partition coefficient (Wildman–Crippen LogP) is 2.00. The molecule has 1 heterocycles. The van der Waals surface area contributed by atoms with Gasteiger partial charge in [-0.1, -0.05) is 30.3 Å². The maximum atomic E-state index is 5.62. The number of nitrogens with two attached hydrogens (primary N) is 1. The van der Waals surface area contributed by atoms with Crippen molar-refractivity contribution in [1.82, 2.24) is 5.32 Å². The van der Waals surface area contributed by atoms with Crippen molar-refractivity contribution in [3.8, 4) is 0 Å². The first-order valence-corrected chi connectivity index (χ1v) is 4.73. The minimum atomic E-state index is 0.253. The Morgan fingerprint density at radius 2 is 2.07 bits per heavy atom. The van der Waals surface area contributed by atoms with Crippen LogP contribution in [-0.2, 0) is 0 Å². The summed E-state index contributed by atoms with van der Waals surface area (Å²) in [6.07, 6.45) is 5.86. The first kappa shape index (κ1) is 8.88. The second-order valence-electron chi connectivity index (χ2n) is 3.50. The number of aryl methyl sites for hydroxylation is 1. The zero-order chi connectivity index (χ0) is 9.97. The summed E-state index contributed by atoms with van der Waals surface area (Å²) >= 11 is 0. The van der Waals surface area contributed by atoms with E-state index in [1.54, 1.807) is 0 Å². The molecule has 72 valence electrons. The molecule has 0 saturated heterocycles. The summed E-state index contributed by atoms with van der Waals surface area (Å²) in [5, 5.41) is 3.25. The Morgan fingerprint density at radius 1 is 1.29 bits per heavy atom. The molecule has 3 N–H and O–H groups in total. The van der Waals surface area contributed by atoms with Gasteiger partial charge >= 0.3 is 0 Å². The molecule has 0 aromatic heterocycles. The quantitative estimate of drug-likeness (QED) is 0.704. The van der Waals surface area contributed by atoms with Gasteiger partial charge in [0, 0.05) is 11.9 Å². The molecule has 1 aromatic rings. The molecule has 1 unspecified atom stereocenters. The van der Waals surface area contributed by atoms with Gasteiger partial charge < -0.3 is 11.1 Å². The number of benzene rings is 1. The summed E-state index contributed by atoms with van der Waals surface area (Å²) in [5.41, 5.74) is 8.99. The standard InChI is InChI=1S/C12H14N2/c1-9-4-2-3-5-11(9)12-7-6-10(13)8-14-12/h2-8,12,14H,13H2,1H3. The number of nitrogens with one attached hydrogen (secondary N) is 1. The molecule has 0 fully saturated rings. The Kier molecular flexibility index (Phi) is 2.27. The fraction of sp³-hybridized carbons (Fsp3) is 0.167. The Hall–Kier alpha value is -1.70. The minimum absolute atomic E-state index is 0.253. The van der Waals surface area contributed by atoms with Crippen LogP contribution in [0.15, 0.2) is 48.3 Å². The van der Waals surface area contributed by atoms with Crippen LogP contribution in [0.4, 0.5) is 0 Å². The summed E-state index contributed by atoms with van der Waals surface area (Å²) < 4.78 is 0. The molecular weight excluding hydrogens is 172 g/mol. The highest BCUT2D eigenvalue weighted by atomic mass is 14.9. The molecule has 2 rings (SSSR count). The molecule has 1 aromatic carbocycles. The van der Waals surface area contributed by atoms with E-state index in [9.17, 15) is 0 Å². The van der Waals surface area contributed by atoms with Gasteiger partial charge in [0.2, 0.25) is 0 Å². The highest BCUT2D eigenvalue weighted by Gasteiger charge is 2.10. The number of rotatable bonds is 1. The SMILES string of the molecule is Cc1ccccc1C1C=CC(N)=CN1. The lowest BCUT2D eigenvalue weighted by atomic mass is 10.00. The molecule has 2 nitrogen and oxygen atoms in total. The van der Waals surface area contributed by atoms with Crippen LogP contribution in [0.1, 0.15) is 17.2 Å². The van der Waals surface area contributed by atoms with Crippen LogP contribution in [0.25, 0.3) is 0 Å². The molecule has 0 amide bonds. The highest BCUT2D eigenvalue weighted by molar-refractivity contribution is 5.35. The van der Waals surface area contributed by atoms with Crippen LogP contribution in [-0.4, -0.2) is 0 Å². The van der Waals surface area contributed by atoms with Crippen molar-refractivity contribution < 1.29 is 0 Å². The largest absolute Gasteiger partial charge is 0.398 e. The fourth-order valence-electron chi connectivity index (χ4n) is 1.63. The lowest BCUT2D eigenvalue weighted by molar-refractivity contribution is 0.732. The van der Waals surface area contributed by atoms with Crippen molar-refractivity contribution in [3.63, 3.8) is 0 Å². The van der Waals surface area contributed by atoms with Crippen LogP contribution in [0.3, 0.4) is 0 Å². The molecule has 0 radical (unpaired) electrons. The van der Waals surface area contributed by atoms with Crippen molar-refractivity contribution in [2.75, 3.05) is 0 Å². The van der Waals surface area contributed by atoms with Crippen LogP contribution < -0.4 is 11.1 Å². The van der Waals surface area contributed by atoms with E-state index >= 15 is 0 Å². The Morgan fingerprint density at radius 3 is 2.71 bits per heavy atom. The monoisotopic (exact) mass is 186 g/mol. The van der Waals surface area contributed by atoms with Crippen LogP contribution in [0.2, 0.25) is 0 Å². The highest BCUT2D eigenvalue weighted by Crippen LogP contribution is 2.20. The fourth-order valence-corrected chi connectivity index (χ4v) is 1.63. The van der Waals surface area contributed by atoms with Crippen LogP contribution >= 0.6 is 0 Å². The molecule has 0 aliphatic carbocycles. The van der Waals surface area contributed by atoms with Crippen molar-refractivity contribution in [1.29, 1.82) is 0 Å². The number of hydrogen-bond acceptors (Lipinski definition) is 2. The van der Waals surface area contributed by atoms with Gasteiger partial charge in [0.15, 0.2) is 0 Å². The van der Waals surface area contributed by atoms with Gasteiger partial charge in [-0.3, -0.25) is 0 Å². The summed E-state index contributed by atoms with van der Waals surface area (Å²) in [7, 11) is 0. The van der Waals surface area contributed by atoms with E-state index in [0.717, 1.165) is 5.70 Å². The topological polar surface area (TPSA) is 38.0 Å². The zero-order valence-electron chi connectivity index (χ0n) is 8.20. The van der Waals surface area contributed by atoms with Gasteiger partial charge in [-0.2, -0.15) is 0 Å². The molecule has 0 saturated carbocycles. The number of hydrogen-bond donors (Lipinski definition) is 2. The molecule has 0 spiro atoms. The number of allylic oxidation sites excluding steroid dienone is 1. The van der Waals surface area contributed by atoms with Crippen LogP contribution in [0, 0.1) is 6.92 Å². The maximum Gasteiger partial charge on any atom is 0.0699 e. The van der Waals surface area contributed by atoms with Gasteiger partial charge in [0.25, 0.3) is 0 Å². The van der Waals surface area contributed by atoms with Crippen molar-refractivity contribution in [3.05, 3.63) is 59.4 Å². The maximum absolute atomic E-state index is 5.62. The average molecular weight is 186 g/mol. The molecule has 2 heteroatoms. The van der Waals surface area contributed by atoms with Crippen molar-refractivity contribution >= 4 is 0 Å². The van der Waals surface area contributed by atoms with Gasteiger partial charge in [-0.05, 0) is 24.1 Å². The van der Waals surface area contributed by atoms with Crippen molar-refractivity contribution in [2.24, 2.45) is 5.73 Å². The molecule has 0 bridgehead atoms. The summed E-state index contributed by atoms with van der Waals surface area (Å²) in [5.74, 6) is 0. The predicted molar refractivity (Wildman–Crippen MR) is 58.5 cm³/mol. The third-order valence-corrected chi connectivity index (χ3v) is 2.43. The normalized spacial score (nSPS) is 20.1. The number of dihydropyridines is 1. The van der Waals surface area contributed by atoms with E-state index in [1.165, 1.54) is 11.1 Å². The Labute approximate surface area is 84.1 Å². The summed E-state index contributed by atoms with van der Waals surface area (Å²) in [4.78, 5) is 0. The van der Waals surface area contributed by atoms with E-state index in [0.29, 0.717) is 0 Å². The first-order valence-electron chi connectivity index (χ1n) is 4.73.